The molecule has 1 heterocycles. The smallest absolute Gasteiger partial charge is 0.363 e. The van der Waals surface area contributed by atoms with Crippen molar-refractivity contribution in [3.63, 3.8) is 0 Å². The van der Waals surface area contributed by atoms with Crippen LogP contribution in [0, 0.1) is 17.0 Å². The van der Waals surface area contributed by atoms with E-state index in [0.717, 1.165) is 0 Å². The minimum Gasteiger partial charge on any atom is -0.493 e. The average Bonchev–Trinajstić information content (AvgIpc) is 3.08. The Balaban J connectivity index is 2.02. The lowest BCUT2D eigenvalue weighted by molar-refractivity contribution is -0.385. The number of hydrogen-bond donors (Lipinski definition) is 0. The van der Waals surface area contributed by atoms with Crippen LogP contribution in [0.15, 0.2) is 41.0 Å². The number of aryl methyl sites for hydroxylation is 1. The Morgan fingerprint density at radius 1 is 1.07 bits per heavy atom. The number of aliphatic imine (C=N–C) groups is 1. The van der Waals surface area contributed by atoms with Gasteiger partial charge in [-0.2, -0.15) is 0 Å². The average molecular weight is 398 g/mol. The molecule has 0 unspecified atom stereocenters. The van der Waals surface area contributed by atoms with Crippen molar-refractivity contribution in [3.05, 3.63) is 62.8 Å². The quantitative estimate of drug-likeness (QED) is 0.318. The van der Waals surface area contributed by atoms with Crippen LogP contribution in [0.5, 0.6) is 17.2 Å². The van der Waals surface area contributed by atoms with Crippen LogP contribution in [0.2, 0.25) is 0 Å². The number of esters is 1. The van der Waals surface area contributed by atoms with Crippen LogP contribution in [0.25, 0.3) is 6.08 Å². The first-order valence-corrected chi connectivity index (χ1v) is 8.46. The number of carbonyl (C=O) groups excluding carboxylic acids is 1. The van der Waals surface area contributed by atoms with Crippen LogP contribution in [0.1, 0.15) is 16.7 Å². The molecule has 29 heavy (non-hydrogen) atoms. The monoisotopic (exact) mass is 398 g/mol. The van der Waals surface area contributed by atoms with Crippen molar-refractivity contribution in [3.8, 4) is 17.2 Å². The van der Waals surface area contributed by atoms with Crippen molar-refractivity contribution >= 4 is 23.6 Å². The zero-order chi connectivity index (χ0) is 21.1. The van der Waals surface area contributed by atoms with Crippen LogP contribution >= 0.6 is 0 Å². The Kier molecular flexibility index (Phi) is 5.49. The number of rotatable bonds is 6. The second-order valence-electron chi connectivity index (χ2n) is 6.05. The predicted octanol–water partition coefficient (Wildman–Crippen LogP) is 3.27. The van der Waals surface area contributed by atoms with Gasteiger partial charge in [-0.3, -0.25) is 10.1 Å². The number of benzene rings is 2. The largest absolute Gasteiger partial charge is 0.493 e. The molecule has 150 valence electrons. The summed E-state index contributed by atoms with van der Waals surface area (Å²) >= 11 is 0. The molecule has 0 N–H and O–H groups in total. The second-order valence-corrected chi connectivity index (χ2v) is 6.05. The fourth-order valence-corrected chi connectivity index (χ4v) is 2.81. The number of nitrogens with zero attached hydrogens (tertiary/aromatic N) is 2. The summed E-state index contributed by atoms with van der Waals surface area (Å²) in [5.41, 5.74) is 1.41. The molecule has 2 aromatic rings. The van der Waals surface area contributed by atoms with Crippen molar-refractivity contribution in [1.29, 1.82) is 0 Å². The van der Waals surface area contributed by atoms with Gasteiger partial charge in [-0.15, -0.1) is 0 Å². The molecule has 0 saturated heterocycles. The molecule has 0 bridgehead atoms. The van der Waals surface area contributed by atoms with Crippen LogP contribution in [-0.4, -0.2) is 38.1 Å². The molecule has 0 atom stereocenters. The Bertz CT molecular complexity index is 1030. The fourth-order valence-electron chi connectivity index (χ4n) is 2.81. The highest BCUT2D eigenvalue weighted by atomic mass is 16.6. The van der Waals surface area contributed by atoms with Crippen LogP contribution in [-0.2, 0) is 9.53 Å². The van der Waals surface area contributed by atoms with Gasteiger partial charge in [0.2, 0.25) is 11.6 Å². The summed E-state index contributed by atoms with van der Waals surface area (Å²) < 4.78 is 21.1. The van der Waals surface area contributed by atoms with Gasteiger partial charge in [0.1, 0.15) is 0 Å². The minimum absolute atomic E-state index is 0.0203. The second kappa shape index (κ2) is 8.01. The van der Waals surface area contributed by atoms with Crippen molar-refractivity contribution in [2.45, 2.75) is 6.92 Å². The predicted molar refractivity (Wildman–Crippen MR) is 105 cm³/mol. The van der Waals surface area contributed by atoms with E-state index in [-0.39, 0.29) is 17.3 Å². The zero-order valence-corrected chi connectivity index (χ0v) is 16.2. The normalized spacial score (nSPS) is 14.4. The van der Waals surface area contributed by atoms with Gasteiger partial charge in [0.05, 0.1) is 26.3 Å². The van der Waals surface area contributed by atoms with Crippen molar-refractivity contribution in [2.24, 2.45) is 4.99 Å². The molecule has 9 nitrogen and oxygen atoms in total. The van der Waals surface area contributed by atoms with Gasteiger partial charge in [0, 0.05) is 17.2 Å². The van der Waals surface area contributed by atoms with E-state index in [9.17, 15) is 14.9 Å². The molecule has 0 radical (unpaired) electrons. The van der Waals surface area contributed by atoms with Crippen LogP contribution in [0.3, 0.4) is 0 Å². The van der Waals surface area contributed by atoms with Crippen molar-refractivity contribution in [2.75, 3.05) is 21.3 Å². The summed E-state index contributed by atoms with van der Waals surface area (Å²) in [7, 11) is 4.42. The molecule has 0 aromatic heterocycles. The molecule has 1 aliphatic rings. The van der Waals surface area contributed by atoms with Gasteiger partial charge in [0.15, 0.2) is 17.2 Å². The highest BCUT2D eigenvalue weighted by Crippen LogP contribution is 2.39. The summed E-state index contributed by atoms with van der Waals surface area (Å²) in [5.74, 6) is 0.546. The summed E-state index contributed by atoms with van der Waals surface area (Å²) in [6, 6.07) is 7.85. The standard InChI is InChI=1S/C20H18N2O7/c1-11-5-6-12(8-15(11)22(24)25)7-14-20(23)29-19(21-14)13-9-16(26-2)18(28-4)17(10-13)27-3/h5-10H,1-4H3/b14-7-. The van der Waals surface area contributed by atoms with Gasteiger partial charge < -0.3 is 18.9 Å². The molecule has 1 aliphatic heterocycles. The molecule has 0 aliphatic carbocycles. The number of methoxy groups -OCH3 is 3. The molecule has 2 aromatic carbocycles. The number of hydrogen-bond acceptors (Lipinski definition) is 8. The van der Waals surface area contributed by atoms with E-state index in [1.165, 1.54) is 33.5 Å². The lowest BCUT2D eigenvalue weighted by atomic mass is 10.1. The molecule has 0 spiro atoms. The highest BCUT2D eigenvalue weighted by molar-refractivity contribution is 6.13. The maximum atomic E-state index is 12.3. The first-order valence-electron chi connectivity index (χ1n) is 8.46. The van der Waals surface area contributed by atoms with Crippen molar-refractivity contribution < 1.29 is 28.7 Å². The maximum absolute atomic E-state index is 12.3. The minimum atomic E-state index is -0.669. The first kappa shape index (κ1) is 19.9. The van der Waals surface area contributed by atoms with Crippen LogP contribution < -0.4 is 14.2 Å². The topological polar surface area (TPSA) is 109 Å². The Morgan fingerprint density at radius 2 is 1.72 bits per heavy atom. The Morgan fingerprint density at radius 3 is 2.28 bits per heavy atom. The fraction of sp³-hybridized carbons (Fsp3) is 0.200. The van der Waals surface area contributed by atoms with Crippen molar-refractivity contribution in [1.82, 2.24) is 0 Å². The van der Waals surface area contributed by atoms with Gasteiger partial charge in [-0.1, -0.05) is 12.1 Å². The van der Waals surface area contributed by atoms with E-state index < -0.39 is 10.9 Å². The number of nitro groups is 1. The molecule has 0 saturated carbocycles. The van der Waals surface area contributed by atoms with Crippen LogP contribution in [0.4, 0.5) is 5.69 Å². The van der Waals surface area contributed by atoms with E-state index in [1.807, 2.05) is 0 Å². The van der Waals surface area contributed by atoms with E-state index >= 15 is 0 Å². The molecule has 0 amide bonds. The van der Waals surface area contributed by atoms with E-state index in [0.29, 0.717) is 33.9 Å². The van der Waals surface area contributed by atoms with Gasteiger partial charge in [-0.25, -0.2) is 9.79 Å². The van der Waals surface area contributed by atoms with Gasteiger partial charge in [-0.05, 0) is 30.7 Å². The zero-order valence-electron chi connectivity index (χ0n) is 16.2. The third-order valence-electron chi connectivity index (χ3n) is 4.27. The summed E-state index contributed by atoms with van der Waals surface area (Å²) in [6.07, 6.45) is 1.43. The summed E-state index contributed by atoms with van der Waals surface area (Å²) in [6.45, 7) is 1.64. The Labute approximate surface area is 166 Å². The maximum Gasteiger partial charge on any atom is 0.363 e. The van der Waals surface area contributed by atoms with Gasteiger partial charge in [0.25, 0.3) is 5.69 Å². The van der Waals surface area contributed by atoms with E-state index in [4.69, 9.17) is 18.9 Å². The number of carbonyl (C=O) groups is 1. The lowest BCUT2D eigenvalue weighted by Gasteiger charge is -2.13. The number of nitro benzene ring substituents is 1. The third kappa shape index (κ3) is 3.88. The highest BCUT2D eigenvalue weighted by Gasteiger charge is 2.26. The number of ether oxygens (including phenoxy) is 4. The SMILES string of the molecule is COc1cc(C2=N/C(=C\c3ccc(C)c([N+](=O)[O-])c3)C(=O)O2)cc(OC)c1OC. The lowest BCUT2D eigenvalue weighted by Crippen LogP contribution is -2.07. The molecule has 9 heteroatoms. The summed E-state index contributed by atoms with van der Waals surface area (Å²) in [4.78, 5) is 27.1. The number of cyclic esters (lactones) is 1. The molecule has 3 rings (SSSR count). The third-order valence-corrected chi connectivity index (χ3v) is 4.27. The Hall–Kier alpha value is -3.88. The molecule has 0 fully saturated rings. The summed E-state index contributed by atoms with van der Waals surface area (Å²) in [5, 5.41) is 11.1. The van der Waals surface area contributed by atoms with E-state index in [2.05, 4.69) is 4.99 Å². The van der Waals surface area contributed by atoms with Gasteiger partial charge >= 0.3 is 5.97 Å². The first-order chi connectivity index (χ1) is 13.9. The van der Waals surface area contributed by atoms with E-state index in [1.54, 1.807) is 31.2 Å². The molecular formula is C20H18N2O7. The molecular weight excluding hydrogens is 380 g/mol.